The molecule has 1 unspecified atom stereocenters. The van der Waals surface area contributed by atoms with Gasteiger partial charge in [-0.25, -0.2) is 4.79 Å². The van der Waals surface area contributed by atoms with Gasteiger partial charge in [-0.15, -0.1) is 0 Å². The van der Waals surface area contributed by atoms with E-state index >= 15 is 0 Å². The third kappa shape index (κ3) is 4.76. The summed E-state index contributed by atoms with van der Waals surface area (Å²) in [7, 11) is 0. The molecule has 4 aliphatic rings. The number of fused-ring (bicyclic) bond motifs is 4. The highest BCUT2D eigenvalue weighted by molar-refractivity contribution is 5.70. The van der Waals surface area contributed by atoms with Crippen LogP contribution in [-0.4, -0.2) is 43.3 Å². The van der Waals surface area contributed by atoms with E-state index in [4.69, 9.17) is 4.74 Å². The fourth-order valence-corrected chi connectivity index (χ4v) is 5.74. The largest absolute Gasteiger partial charge is 0.445 e. The fraction of sp³-hybridized carbons (Fsp3) is 0.519. The molecule has 1 amide bonds. The number of piperidine rings is 3. The zero-order valence-corrected chi connectivity index (χ0v) is 19.7. The molecule has 7 heteroatoms. The van der Waals surface area contributed by atoms with Gasteiger partial charge in [0.1, 0.15) is 11.9 Å². The summed E-state index contributed by atoms with van der Waals surface area (Å²) in [4.78, 5) is 15.3. The number of alkyl carbamates (subject to hydrolysis) is 1. The van der Waals surface area contributed by atoms with Crippen LogP contribution >= 0.6 is 0 Å². The maximum absolute atomic E-state index is 12.9. The first kappa shape index (κ1) is 23.1. The summed E-state index contributed by atoms with van der Waals surface area (Å²) in [5.74, 6) is 0.617. The summed E-state index contributed by atoms with van der Waals surface area (Å²) >= 11 is 0. The van der Waals surface area contributed by atoms with Crippen molar-refractivity contribution in [1.29, 1.82) is 0 Å². The van der Waals surface area contributed by atoms with Crippen molar-refractivity contribution < 1.29 is 23.0 Å². The van der Waals surface area contributed by atoms with Crippen LogP contribution in [0.2, 0.25) is 0 Å². The number of carbonyl (C=O) groups excluding carboxylic acids is 1. The number of benzene rings is 2. The Morgan fingerprint density at radius 2 is 1.79 bits per heavy atom. The minimum Gasteiger partial charge on any atom is -0.445 e. The highest BCUT2D eigenvalue weighted by Gasteiger charge is 2.40. The topological polar surface area (TPSA) is 50.8 Å². The van der Waals surface area contributed by atoms with Crippen LogP contribution in [0.15, 0.2) is 42.5 Å². The molecular formula is C27H32F2N2O3. The first-order chi connectivity index (χ1) is 16.3. The van der Waals surface area contributed by atoms with Crippen LogP contribution in [0.3, 0.4) is 0 Å². The fourth-order valence-electron chi connectivity index (χ4n) is 5.74. The zero-order valence-electron chi connectivity index (χ0n) is 19.7. The number of nitrogens with one attached hydrogen (secondary N) is 1. The Morgan fingerprint density at radius 1 is 1.09 bits per heavy atom. The van der Waals surface area contributed by atoms with Crippen LogP contribution in [-0.2, 0) is 11.2 Å². The summed E-state index contributed by atoms with van der Waals surface area (Å²) in [6.45, 7) is 4.60. The number of nitrogens with zero attached hydrogens (tertiary/aromatic N) is 1. The van der Waals surface area contributed by atoms with Crippen LogP contribution in [0.5, 0.6) is 5.75 Å². The molecule has 1 N–H and O–H groups in total. The molecule has 3 saturated heterocycles. The Hall–Kier alpha value is -2.67. The van der Waals surface area contributed by atoms with E-state index in [1.54, 1.807) is 24.3 Å². The third-order valence-electron chi connectivity index (χ3n) is 7.80. The van der Waals surface area contributed by atoms with E-state index in [-0.39, 0.29) is 29.4 Å². The van der Waals surface area contributed by atoms with Gasteiger partial charge >= 0.3 is 12.7 Å². The molecule has 5 nitrogen and oxygen atoms in total. The molecule has 2 bridgehead atoms. The third-order valence-corrected chi connectivity index (χ3v) is 7.80. The summed E-state index contributed by atoms with van der Waals surface area (Å²) in [6, 6.07) is 12.8. The lowest BCUT2D eigenvalue weighted by molar-refractivity contribution is -0.0498. The van der Waals surface area contributed by atoms with Crippen molar-refractivity contribution in [2.24, 2.45) is 11.3 Å². The number of ether oxygens (including phenoxy) is 2. The molecule has 0 aromatic heterocycles. The van der Waals surface area contributed by atoms with E-state index in [1.807, 2.05) is 6.07 Å². The average Bonchev–Trinajstić information content (AvgIpc) is 2.82. The molecule has 6 rings (SSSR count). The van der Waals surface area contributed by atoms with Crippen LogP contribution in [0.4, 0.5) is 13.6 Å². The number of hydrogen-bond acceptors (Lipinski definition) is 4. The average molecular weight is 471 g/mol. The second-order valence-electron chi connectivity index (χ2n) is 10.5. The highest BCUT2D eigenvalue weighted by Crippen LogP contribution is 2.44. The minimum atomic E-state index is -2.83. The first-order valence-corrected chi connectivity index (χ1v) is 12.2. The van der Waals surface area contributed by atoms with Gasteiger partial charge in [0.2, 0.25) is 0 Å². The van der Waals surface area contributed by atoms with Crippen LogP contribution in [0.25, 0.3) is 11.1 Å². The molecule has 0 saturated carbocycles. The van der Waals surface area contributed by atoms with Crippen molar-refractivity contribution in [3.63, 3.8) is 0 Å². The van der Waals surface area contributed by atoms with Gasteiger partial charge in [-0.05, 0) is 84.5 Å². The number of alkyl halides is 2. The molecular weight excluding hydrogens is 438 g/mol. The number of rotatable bonds is 5. The lowest BCUT2D eigenvalue weighted by Gasteiger charge is -2.44. The number of aryl methyl sites for hydroxylation is 1. The van der Waals surface area contributed by atoms with Gasteiger partial charge in [0.15, 0.2) is 0 Å². The predicted octanol–water partition coefficient (Wildman–Crippen LogP) is 5.79. The van der Waals surface area contributed by atoms with E-state index < -0.39 is 6.61 Å². The lowest BCUT2D eigenvalue weighted by Crippen LogP contribution is -2.53. The van der Waals surface area contributed by atoms with E-state index in [0.29, 0.717) is 5.92 Å². The van der Waals surface area contributed by atoms with Gasteiger partial charge in [-0.3, -0.25) is 4.90 Å². The summed E-state index contributed by atoms with van der Waals surface area (Å²) in [5.41, 5.74) is 4.15. The van der Waals surface area contributed by atoms with Crippen molar-refractivity contribution in [3.05, 3.63) is 53.6 Å². The number of hydrogen-bond donors (Lipinski definition) is 1. The Labute approximate surface area is 199 Å². The zero-order chi connectivity index (χ0) is 23.9. The molecule has 34 heavy (non-hydrogen) atoms. The van der Waals surface area contributed by atoms with Gasteiger partial charge in [-0.1, -0.05) is 44.2 Å². The minimum absolute atomic E-state index is 0.0203. The van der Waals surface area contributed by atoms with Crippen molar-refractivity contribution in [1.82, 2.24) is 10.2 Å². The maximum Gasteiger partial charge on any atom is 0.407 e. The molecule has 2 atom stereocenters. The van der Waals surface area contributed by atoms with Crippen molar-refractivity contribution in [2.45, 2.75) is 58.3 Å². The van der Waals surface area contributed by atoms with Crippen LogP contribution in [0.1, 0.15) is 50.3 Å². The summed E-state index contributed by atoms with van der Waals surface area (Å²) in [6.07, 6.45) is 3.71. The van der Waals surface area contributed by atoms with Crippen LogP contribution in [0, 0.1) is 11.3 Å². The van der Waals surface area contributed by atoms with Gasteiger partial charge in [0, 0.05) is 6.54 Å². The molecule has 0 radical (unpaired) electrons. The van der Waals surface area contributed by atoms with Gasteiger partial charge in [-0.2, -0.15) is 8.78 Å². The number of amides is 1. The quantitative estimate of drug-likeness (QED) is 0.601. The van der Waals surface area contributed by atoms with E-state index in [2.05, 4.69) is 40.9 Å². The summed E-state index contributed by atoms with van der Waals surface area (Å²) < 4.78 is 35.2. The van der Waals surface area contributed by atoms with E-state index in [9.17, 15) is 13.6 Å². The Balaban J connectivity index is 1.32. The molecule has 2 aromatic rings. The Morgan fingerprint density at radius 3 is 2.44 bits per heavy atom. The van der Waals surface area contributed by atoms with E-state index in [0.717, 1.165) is 62.0 Å². The summed E-state index contributed by atoms with van der Waals surface area (Å²) in [5, 5.41) is 3.19. The van der Waals surface area contributed by atoms with Crippen molar-refractivity contribution in [2.75, 3.05) is 19.6 Å². The second kappa shape index (κ2) is 9.17. The predicted molar refractivity (Wildman–Crippen MR) is 126 cm³/mol. The Kier molecular flexibility index (Phi) is 6.23. The normalized spacial score (nSPS) is 27.2. The van der Waals surface area contributed by atoms with Gasteiger partial charge in [0.25, 0.3) is 0 Å². The van der Waals surface area contributed by atoms with E-state index in [1.165, 1.54) is 5.56 Å². The number of halogens is 2. The lowest BCUT2D eigenvalue weighted by atomic mass is 9.70. The van der Waals surface area contributed by atoms with Crippen molar-refractivity contribution >= 4 is 6.09 Å². The molecule has 3 fully saturated rings. The highest BCUT2D eigenvalue weighted by atomic mass is 19.3. The van der Waals surface area contributed by atoms with Crippen molar-refractivity contribution in [3.8, 4) is 16.9 Å². The molecule has 2 aromatic carbocycles. The molecule has 1 aliphatic carbocycles. The van der Waals surface area contributed by atoms with Gasteiger partial charge in [0.05, 0.1) is 6.04 Å². The second-order valence-corrected chi connectivity index (χ2v) is 10.5. The maximum atomic E-state index is 12.9. The molecule has 3 aliphatic heterocycles. The first-order valence-electron chi connectivity index (χ1n) is 12.2. The smallest absolute Gasteiger partial charge is 0.407 e. The van der Waals surface area contributed by atoms with Crippen LogP contribution < -0.4 is 10.1 Å². The van der Waals surface area contributed by atoms with Gasteiger partial charge < -0.3 is 14.8 Å². The Bertz CT molecular complexity index is 1030. The monoisotopic (exact) mass is 470 g/mol. The molecule has 0 spiro atoms. The standard InChI is InChI=1S/C27H32F2N2O3/c1-27(2)12-9-20-15-19(17-3-6-21(7-4-17)33-25(28)29)5-8-22(20)24(27)30-26(32)34-23-16-31-13-10-18(23)11-14-31/h3-8,15,18,23-25H,9-14,16H2,1-2H3,(H,30,32)/t23-,24?/m1/s1. The number of carbonyl (C=O) groups is 1. The SMILES string of the molecule is CC1(C)CCc2cc(-c3ccc(OC(F)F)cc3)ccc2C1NC(=O)O[C@@H]1CN2CCC1CC2. The molecule has 182 valence electrons. The molecule has 3 heterocycles.